The fourth-order valence-corrected chi connectivity index (χ4v) is 5.42. The topological polar surface area (TPSA) is 87.2 Å². The van der Waals surface area contributed by atoms with Gasteiger partial charge < -0.3 is 0 Å². The second-order valence-corrected chi connectivity index (χ2v) is 10.4. The van der Waals surface area contributed by atoms with Crippen LogP contribution < -0.4 is 18.9 Å². The van der Waals surface area contributed by atoms with Gasteiger partial charge in [0.1, 0.15) is 0 Å². The van der Waals surface area contributed by atoms with Crippen molar-refractivity contribution in [2.75, 3.05) is 26.9 Å². The van der Waals surface area contributed by atoms with Gasteiger partial charge in [-0.1, -0.05) is 0 Å². The Kier molecular flexibility index (Phi) is 4.86. The molecule has 0 amide bonds. The average molecular weight is 476 g/mol. The van der Waals surface area contributed by atoms with Crippen LogP contribution in [0, 0.1) is 5.41 Å². The number of nitrogens with two attached hydrogens (primary N) is 1. The van der Waals surface area contributed by atoms with Gasteiger partial charge in [-0.15, -0.1) is 0 Å². The number of anilines is 1. The number of nitrogen functional groups attached to an aromatic ring is 1. The molecule has 0 spiro atoms. The standard InChI is InChI=1S/C19H18AsBrN3O2/c1-24(2,3)11-6-4-5-10(7-11)20-12-8-14(22)17-16(18(12)25)15(23)9-13(21)19(17)26/h4-9H,1-3H3,(H3-,22,23,25,26)/p+1. The van der Waals surface area contributed by atoms with Gasteiger partial charge in [0.2, 0.25) is 0 Å². The third-order valence-electron chi connectivity index (χ3n) is 4.15. The molecule has 0 heterocycles. The van der Waals surface area contributed by atoms with Crippen molar-refractivity contribution < 1.29 is 9.90 Å². The van der Waals surface area contributed by atoms with E-state index >= 15 is 0 Å². The van der Waals surface area contributed by atoms with E-state index in [0.29, 0.717) is 14.5 Å². The number of halogens is 1. The van der Waals surface area contributed by atoms with Gasteiger partial charge in [-0.2, -0.15) is 0 Å². The van der Waals surface area contributed by atoms with Crippen molar-refractivity contribution in [3.05, 3.63) is 52.0 Å². The number of carbonyl (C=O) groups is 1. The summed E-state index contributed by atoms with van der Waals surface area (Å²) in [6, 6.07) is 9.91. The number of allylic oxidation sites excluding steroid dienone is 2. The molecule has 0 fully saturated rings. The number of benzene rings is 2. The Bertz CT molecular complexity index is 977. The molecule has 0 aliphatic heterocycles. The molecule has 26 heavy (non-hydrogen) atoms. The van der Waals surface area contributed by atoms with Gasteiger partial charge in [-0.25, -0.2) is 0 Å². The number of phenols is 1. The van der Waals surface area contributed by atoms with Gasteiger partial charge in [-0.3, -0.25) is 0 Å². The van der Waals surface area contributed by atoms with Crippen LogP contribution in [0.1, 0.15) is 15.9 Å². The number of Topliss-reactive ketones (excluding diaryl/α,β-unsaturated/α-hetero) is 1. The molecule has 5 nitrogen and oxygen atoms in total. The maximum atomic E-state index is 12.4. The molecule has 0 saturated carbocycles. The maximum absolute atomic E-state index is 12.4. The molecule has 2 aromatic rings. The quantitative estimate of drug-likeness (QED) is 0.273. The minimum atomic E-state index is -0.543. The first-order valence-corrected chi connectivity index (χ1v) is 10.6. The molecule has 7 heteroatoms. The van der Waals surface area contributed by atoms with Crippen molar-refractivity contribution in [1.29, 1.82) is 5.41 Å². The van der Waals surface area contributed by atoms with Crippen LogP contribution in [0.25, 0.3) is 0 Å². The van der Waals surface area contributed by atoms with E-state index in [2.05, 4.69) is 49.2 Å². The van der Waals surface area contributed by atoms with Crippen molar-refractivity contribution in [1.82, 2.24) is 4.48 Å². The van der Waals surface area contributed by atoms with Gasteiger partial charge in [-0.05, 0) is 0 Å². The van der Waals surface area contributed by atoms with Gasteiger partial charge in [0, 0.05) is 0 Å². The molecular formula is C19H19AsBrN3O2+. The molecular weight excluding hydrogens is 457 g/mol. The van der Waals surface area contributed by atoms with Crippen LogP contribution in [0.15, 0.2) is 40.9 Å². The van der Waals surface area contributed by atoms with Crippen LogP contribution in [0.3, 0.4) is 0 Å². The Morgan fingerprint density at radius 1 is 1.19 bits per heavy atom. The SMILES string of the molecule is C[N+](C)(C)c1cccc([As]c2cc(N)c3c(c2O)C(=N)C=C(Br)C3=O)c1. The third-order valence-corrected chi connectivity index (χ3v) is 7.08. The number of hydrogen-bond acceptors (Lipinski definition) is 4. The number of rotatable bonds is 3. The van der Waals surface area contributed by atoms with Crippen LogP contribution in [-0.4, -0.2) is 53.5 Å². The van der Waals surface area contributed by atoms with E-state index in [1.54, 1.807) is 6.07 Å². The number of nitrogens with one attached hydrogen (secondary N) is 1. The summed E-state index contributed by atoms with van der Waals surface area (Å²) in [7, 11) is 6.29. The molecule has 1 aliphatic rings. The fourth-order valence-electron chi connectivity index (χ4n) is 2.77. The number of aromatic hydroxyl groups is 1. The number of nitrogens with zero attached hydrogens (tertiary/aromatic N) is 1. The van der Waals surface area contributed by atoms with Gasteiger partial charge in [0.05, 0.1) is 0 Å². The van der Waals surface area contributed by atoms with Gasteiger partial charge in [0.15, 0.2) is 0 Å². The number of carbonyl (C=O) groups excluding carboxylic acids is 1. The molecule has 4 N–H and O–H groups in total. The molecule has 1 aliphatic carbocycles. The molecule has 1 radical (unpaired) electrons. The summed E-state index contributed by atoms with van der Waals surface area (Å²) in [6.07, 6.45) is 1.40. The van der Waals surface area contributed by atoms with E-state index in [9.17, 15) is 9.90 Å². The Morgan fingerprint density at radius 3 is 2.54 bits per heavy atom. The number of quaternary nitrogens is 1. The molecule has 0 atom stereocenters. The van der Waals surface area contributed by atoms with E-state index in [4.69, 9.17) is 11.1 Å². The van der Waals surface area contributed by atoms with Gasteiger partial charge >= 0.3 is 168 Å². The number of phenolic OH excluding ortho intramolecular Hbond substituents is 1. The predicted octanol–water partition coefficient (Wildman–Crippen LogP) is 1.67. The number of fused-ring (bicyclic) bond motifs is 1. The summed E-state index contributed by atoms with van der Waals surface area (Å²) in [6.45, 7) is 0. The van der Waals surface area contributed by atoms with Crippen molar-refractivity contribution in [2.24, 2.45) is 0 Å². The Hall–Kier alpha value is -1.88. The summed E-state index contributed by atoms with van der Waals surface area (Å²) >= 11 is 2.62. The summed E-state index contributed by atoms with van der Waals surface area (Å²) in [5, 5.41) is 18.9. The first-order valence-electron chi connectivity index (χ1n) is 7.89. The predicted molar refractivity (Wildman–Crippen MR) is 112 cm³/mol. The number of hydrogen-bond donors (Lipinski definition) is 3. The van der Waals surface area contributed by atoms with Crippen LogP contribution >= 0.6 is 15.9 Å². The van der Waals surface area contributed by atoms with Crippen LogP contribution in [-0.2, 0) is 0 Å². The summed E-state index contributed by atoms with van der Waals surface area (Å²) < 4.78 is 2.79. The summed E-state index contributed by atoms with van der Waals surface area (Å²) in [5.41, 5.74) is 8.09. The average Bonchev–Trinajstić information content (AvgIpc) is 2.55. The third kappa shape index (κ3) is 3.37. The molecule has 133 valence electrons. The molecule has 0 unspecified atom stereocenters. The molecule has 0 saturated heterocycles. The molecule has 3 rings (SSSR count). The van der Waals surface area contributed by atoms with Crippen molar-refractivity contribution in [3.63, 3.8) is 0 Å². The second kappa shape index (κ2) is 6.69. The fraction of sp³-hybridized carbons (Fsp3) is 0.158. The van der Waals surface area contributed by atoms with Crippen molar-refractivity contribution >= 4 is 63.3 Å². The zero-order valence-electron chi connectivity index (χ0n) is 14.7. The van der Waals surface area contributed by atoms with Crippen LogP contribution in [0.2, 0.25) is 0 Å². The van der Waals surface area contributed by atoms with Crippen LogP contribution in [0.5, 0.6) is 5.75 Å². The Balaban J connectivity index is 2.08. The molecule has 0 bridgehead atoms. The van der Waals surface area contributed by atoms with E-state index in [1.807, 2.05) is 12.1 Å². The Morgan fingerprint density at radius 2 is 1.88 bits per heavy atom. The number of ketones is 1. The van der Waals surface area contributed by atoms with E-state index < -0.39 is 15.8 Å². The minimum absolute atomic E-state index is 0.0144. The second-order valence-electron chi connectivity index (χ2n) is 6.96. The monoisotopic (exact) mass is 475 g/mol. The first-order chi connectivity index (χ1) is 12.1. The molecule has 0 aromatic heterocycles. The van der Waals surface area contributed by atoms with E-state index in [0.717, 1.165) is 10.0 Å². The molecule has 2 aromatic carbocycles. The zero-order valence-corrected chi connectivity index (χ0v) is 18.1. The van der Waals surface area contributed by atoms with E-state index in [-0.39, 0.29) is 32.9 Å². The first kappa shape index (κ1) is 18.9. The Labute approximate surface area is 167 Å². The summed E-state index contributed by atoms with van der Waals surface area (Å²) in [4.78, 5) is 12.4. The van der Waals surface area contributed by atoms with Crippen molar-refractivity contribution in [2.45, 2.75) is 0 Å². The van der Waals surface area contributed by atoms with Crippen LogP contribution in [0.4, 0.5) is 11.4 Å². The normalized spacial score (nSPS) is 14.7. The van der Waals surface area contributed by atoms with Gasteiger partial charge in [0.25, 0.3) is 0 Å². The zero-order chi connectivity index (χ0) is 19.2. The van der Waals surface area contributed by atoms with Crippen molar-refractivity contribution in [3.8, 4) is 5.75 Å². The van der Waals surface area contributed by atoms with E-state index in [1.165, 1.54) is 6.08 Å². The summed E-state index contributed by atoms with van der Waals surface area (Å²) in [5.74, 6) is -0.321.